The van der Waals surface area contributed by atoms with Gasteiger partial charge in [0.05, 0.1) is 19.2 Å². The van der Waals surface area contributed by atoms with Crippen LogP contribution in [-0.2, 0) is 16.0 Å². The summed E-state index contributed by atoms with van der Waals surface area (Å²) in [6, 6.07) is 18.5. The minimum absolute atomic E-state index is 0.122. The van der Waals surface area contributed by atoms with Crippen molar-refractivity contribution in [2.24, 2.45) is 0 Å². The lowest BCUT2D eigenvalue weighted by Gasteiger charge is -2.28. The Kier molecular flexibility index (Phi) is 7.07. The van der Waals surface area contributed by atoms with Gasteiger partial charge in [0.2, 0.25) is 5.91 Å². The van der Waals surface area contributed by atoms with E-state index in [2.05, 4.69) is 15.9 Å². The predicted octanol–water partition coefficient (Wildman–Crippen LogP) is 4.61. The molecule has 1 saturated heterocycles. The Morgan fingerprint density at radius 2 is 1.79 bits per heavy atom. The van der Waals surface area contributed by atoms with E-state index in [1.54, 1.807) is 31.4 Å². The molecule has 3 aromatic carbocycles. The first-order chi connectivity index (χ1) is 16.4. The van der Waals surface area contributed by atoms with Crippen molar-refractivity contribution in [1.82, 2.24) is 4.90 Å². The summed E-state index contributed by atoms with van der Waals surface area (Å²) in [4.78, 5) is 42.1. The molecule has 0 spiro atoms. The van der Waals surface area contributed by atoms with E-state index < -0.39 is 23.7 Å². The number of amides is 3. The highest BCUT2D eigenvalue weighted by Gasteiger charge is 2.44. The van der Waals surface area contributed by atoms with Gasteiger partial charge >= 0.3 is 0 Å². The standard InChI is InChI=1S/C26H22BrFN2O4/c1-34-22-11-5-17(6-12-22)13-14-29(25(32)18-3-2-4-20(28)15-18)23-16-24(31)30(26(23)33)21-9-7-19(27)8-10-21/h2-12,15,23H,13-14,16H2,1H3/t23-/m1/s1. The van der Waals surface area contributed by atoms with E-state index >= 15 is 0 Å². The largest absolute Gasteiger partial charge is 0.497 e. The van der Waals surface area contributed by atoms with Crippen molar-refractivity contribution in [3.63, 3.8) is 0 Å². The molecular formula is C26H22BrFN2O4. The third kappa shape index (κ3) is 5.02. The van der Waals surface area contributed by atoms with Crippen LogP contribution in [0.5, 0.6) is 5.75 Å². The maximum atomic E-state index is 13.8. The van der Waals surface area contributed by atoms with Crippen LogP contribution in [0.1, 0.15) is 22.3 Å². The fourth-order valence-electron chi connectivity index (χ4n) is 3.95. The SMILES string of the molecule is COc1ccc(CCN(C(=O)c2cccc(F)c2)[C@@H]2CC(=O)N(c3ccc(Br)cc3)C2=O)cc1. The first-order valence-corrected chi connectivity index (χ1v) is 11.5. The van der Waals surface area contributed by atoms with Crippen LogP contribution >= 0.6 is 15.9 Å². The van der Waals surface area contributed by atoms with E-state index in [-0.39, 0.29) is 24.4 Å². The number of rotatable bonds is 7. The summed E-state index contributed by atoms with van der Waals surface area (Å²) in [6.07, 6.45) is 0.305. The summed E-state index contributed by atoms with van der Waals surface area (Å²) in [6.45, 7) is 0.180. The number of carbonyl (C=O) groups is 3. The lowest BCUT2D eigenvalue weighted by Crippen LogP contribution is -2.46. The average molecular weight is 525 g/mol. The maximum Gasteiger partial charge on any atom is 0.257 e. The van der Waals surface area contributed by atoms with E-state index in [0.29, 0.717) is 17.9 Å². The van der Waals surface area contributed by atoms with E-state index in [4.69, 9.17) is 4.74 Å². The Balaban J connectivity index is 1.62. The zero-order valence-corrected chi connectivity index (χ0v) is 20.0. The molecule has 0 N–H and O–H groups in total. The highest BCUT2D eigenvalue weighted by atomic mass is 79.9. The number of anilines is 1. The molecular weight excluding hydrogens is 503 g/mol. The first kappa shape index (κ1) is 23.6. The molecule has 4 rings (SSSR count). The Labute approximate surface area is 205 Å². The molecule has 1 fully saturated rings. The summed E-state index contributed by atoms with van der Waals surface area (Å²) in [5, 5.41) is 0. The van der Waals surface area contributed by atoms with E-state index in [0.717, 1.165) is 21.0 Å². The molecule has 8 heteroatoms. The van der Waals surface area contributed by atoms with Gasteiger partial charge in [0.15, 0.2) is 0 Å². The van der Waals surface area contributed by atoms with Gasteiger partial charge in [0.1, 0.15) is 17.6 Å². The van der Waals surface area contributed by atoms with Crippen molar-refractivity contribution >= 4 is 39.3 Å². The highest BCUT2D eigenvalue weighted by molar-refractivity contribution is 9.10. The number of hydrogen-bond acceptors (Lipinski definition) is 4. The maximum absolute atomic E-state index is 13.8. The molecule has 1 atom stereocenters. The highest BCUT2D eigenvalue weighted by Crippen LogP contribution is 2.28. The number of methoxy groups -OCH3 is 1. The topological polar surface area (TPSA) is 66.9 Å². The van der Waals surface area contributed by atoms with Crippen molar-refractivity contribution < 1.29 is 23.5 Å². The summed E-state index contributed by atoms with van der Waals surface area (Å²) < 4.78 is 19.8. The number of hydrogen-bond donors (Lipinski definition) is 0. The van der Waals surface area contributed by atoms with Crippen LogP contribution in [0.4, 0.5) is 10.1 Å². The molecule has 0 saturated carbocycles. The molecule has 0 aromatic heterocycles. The summed E-state index contributed by atoms with van der Waals surface area (Å²) >= 11 is 3.34. The second-order valence-electron chi connectivity index (χ2n) is 7.87. The number of carbonyl (C=O) groups excluding carboxylic acids is 3. The average Bonchev–Trinajstić information content (AvgIpc) is 3.13. The van der Waals surface area contributed by atoms with Crippen LogP contribution in [0.15, 0.2) is 77.3 Å². The first-order valence-electron chi connectivity index (χ1n) is 10.7. The lowest BCUT2D eigenvalue weighted by molar-refractivity contribution is -0.122. The monoisotopic (exact) mass is 524 g/mol. The van der Waals surface area contributed by atoms with Crippen LogP contribution < -0.4 is 9.64 Å². The van der Waals surface area contributed by atoms with Crippen LogP contribution in [0.3, 0.4) is 0 Å². The Morgan fingerprint density at radius 1 is 1.09 bits per heavy atom. The fourth-order valence-corrected chi connectivity index (χ4v) is 4.21. The molecule has 0 radical (unpaired) electrons. The van der Waals surface area contributed by atoms with Gasteiger partial charge in [-0.2, -0.15) is 0 Å². The van der Waals surface area contributed by atoms with E-state index in [1.165, 1.54) is 23.1 Å². The van der Waals surface area contributed by atoms with Gasteiger partial charge in [-0.3, -0.25) is 14.4 Å². The molecule has 3 amide bonds. The number of ether oxygens (including phenoxy) is 1. The predicted molar refractivity (Wildman–Crippen MR) is 129 cm³/mol. The van der Waals surface area contributed by atoms with Gasteiger partial charge in [-0.05, 0) is 66.6 Å². The van der Waals surface area contributed by atoms with Crippen molar-refractivity contribution in [1.29, 1.82) is 0 Å². The quantitative estimate of drug-likeness (QED) is 0.423. The van der Waals surface area contributed by atoms with Gasteiger partial charge < -0.3 is 9.64 Å². The van der Waals surface area contributed by atoms with Crippen LogP contribution in [0, 0.1) is 5.82 Å². The summed E-state index contributed by atoms with van der Waals surface area (Å²) in [5.74, 6) is -1.22. The fraction of sp³-hybridized carbons (Fsp3) is 0.192. The minimum Gasteiger partial charge on any atom is -0.497 e. The van der Waals surface area contributed by atoms with Crippen molar-refractivity contribution in [3.05, 3.63) is 94.2 Å². The smallest absolute Gasteiger partial charge is 0.257 e. The Bertz CT molecular complexity index is 1210. The van der Waals surface area contributed by atoms with Crippen molar-refractivity contribution in [2.45, 2.75) is 18.9 Å². The van der Waals surface area contributed by atoms with Gasteiger partial charge in [-0.15, -0.1) is 0 Å². The summed E-state index contributed by atoms with van der Waals surface area (Å²) in [5.41, 5.74) is 1.49. The lowest BCUT2D eigenvalue weighted by atomic mass is 10.1. The molecule has 34 heavy (non-hydrogen) atoms. The Hall–Kier alpha value is -3.52. The van der Waals surface area contributed by atoms with Crippen LogP contribution in [0.25, 0.3) is 0 Å². The second kappa shape index (κ2) is 10.2. The Morgan fingerprint density at radius 3 is 2.44 bits per heavy atom. The van der Waals surface area contributed by atoms with Gasteiger partial charge in [-0.1, -0.05) is 34.1 Å². The van der Waals surface area contributed by atoms with Crippen molar-refractivity contribution in [3.8, 4) is 5.75 Å². The molecule has 174 valence electrons. The van der Waals surface area contributed by atoms with E-state index in [1.807, 2.05) is 24.3 Å². The second-order valence-corrected chi connectivity index (χ2v) is 8.79. The number of nitrogens with zero attached hydrogens (tertiary/aromatic N) is 2. The van der Waals surface area contributed by atoms with Crippen LogP contribution in [0.2, 0.25) is 0 Å². The van der Waals surface area contributed by atoms with Crippen LogP contribution in [-0.4, -0.2) is 42.3 Å². The van der Waals surface area contributed by atoms with Gasteiger partial charge in [-0.25, -0.2) is 9.29 Å². The van der Waals surface area contributed by atoms with Gasteiger partial charge in [0.25, 0.3) is 11.8 Å². The molecule has 6 nitrogen and oxygen atoms in total. The minimum atomic E-state index is -0.981. The molecule has 3 aromatic rings. The summed E-state index contributed by atoms with van der Waals surface area (Å²) in [7, 11) is 1.58. The molecule has 0 aliphatic carbocycles. The number of imide groups is 1. The molecule has 0 unspecified atom stereocenters. The third-order valence-corrected chi connectivity index (χ3v) is 6.25. The van der Waals surface area contributed by atoms with Crippen molar-refractivity contribution in [2.75, 3.05) is 18.6 Å². The van der Waals surface area contributed by atoms with E-state index in [9.17, 15) is 18.8 Å². The number of halogens is 2. The molecule has 1 aliphatic heterocycles. The third-order valence-electron chi connectivity index (χ3n) is 5.72. The van der Waals surface area contributed by atoms with Gasteiger partial charge in [0, 0.05) is 16.6 Å². The zero-order chi connectivity index (χ0) is 24.2. The molecule has 0 bridgehead atoms. The molecule has 1 heterocycles. The number of benzene rings is 3. The molecule has 1 aliphatic rings. The zero-order valence-electron chi connectivity index (χ0n) is 18.4. The normalized spacial score (nSPS) is 15.5.